The first-order valence-corrected chi connectivity index (χ1v) is 8.33. The van der Waals surface area contributed by atoms with E-state index >= 15 is 0 Å². The lowest BCUT2D eigenvalue weighted by Crippen LogP contribution is -2.21. The van der Waals surface area contributed by atoms with Gasteiger partial charge in [-0.05, 0) is 62.8 Å². The van der Waals surface area contributed by atoms with Crippen molar-refractivity contribution in [3.63, 3.8) is 0 Å². The van der Waals surface area contributed by atoms with Crippen molar-refractivity contribution in [3.8, 4) is 0 Å². The lowest BCUT2D eigenvalue weighted by molar-refractivity contribution is 0.499. The van der Waals surface area contributed by atoms with E-state index in [1.165, 1.54) is 36.1 Å². The van der Waals surface area contributed by atoms with Crippen molar-refractivity contribution in [3.05, 3.63) is 51.5 Å². The van der Waals surface area contributed by atoms with Crippen LogP contribution in [-0.4, -0.2) is 4.98 Å². The third kappa shape index (κ3) is 2.94. The molecule has 0 radical (unpaired) electrons. The molecule has 20 heavy (non-hydrogen) atoms. The van der Waals surface area contributed by atoms with Gasteiger partial charge in [-0.2, -0.15) is 0 Å². The second-order valence-corrected chi connectivity index (χ2v) is 6.87. The average molecular weight is 286 g/mol. The van der Waals surface area contributed by atoms with Gasteiger partial charge < -0.3 is 5.32 Å². The van der Waals surface area contributed by atoms with E-state index in [-0.39, 0.29) is 0 Å². The maximum Gasteiger partial charge on any atom is 0.0391 e. The van der Waals surface area contributed by atoms with Gasteiger partial charge in [-0.15, -0.1) is 11.3 Å². The quantitative estimate of drug-likeness (QED) is 0.899. The van der Waals surface area contributed by atoms with Gasteiger partial charge in [0.1, 0.15) is 0 Å². The van der Waals surface area contributed by atoms with Gasteiger partial charge in [-0.1, -0.05) is 6.07 Å². The van der Waals surface area contributed by atoms with E-state index in [0.717, 1.165) is 0 Å². The number of rotatable bonds is 4. The molecule has 0 spiro atoms. The van der Waals surface area contributed by atoms with Gasteiger partial charge >= 0.3 is 0 Å². The molecule has 0 aliphatic heterocycles. The molecule has 0 aromatic carbocycles. The first-order valence-electron chi connectivity index (χ1n) is 7.51. The van der Waals surface area contributed by atoms with Crippen molar-refractivity contribution < 1.29 is 0 Å². The van der Waals surface area contributed by atoms with Crippen LogP contribution in [0.4, 0.5) is 0 Å². The number of thiophene rings is 1. The summed E-state index contributed by atoms with van der Waals surface area (Å²) in [6.07, 6.45) is 9.05. The summed E-state index contributed by atoms with van der Waals surface area (Å²) < 4.78 is 0. The zero-order valence-corrected chi connectivity index (χ0v) is 13.0. The van der Waals surface area contributed by atoms with Crippen LogP contribution in [-0.2, 0) is 12.8 Å². The zero-order chi connectivity index (χ0) is 13.9. The Kier molecular flexibility index (Phi) is 4.18. The molecular formula is C17H22N2S. The summed E-state index contributed by atoms with van der Waals surface area (Å²) in [4.78, 5) is 7.30. The summed E-state index contributed by atoms with van der Waals surface area (Å²) in [7, 11) is 0. The highest BCUT2D eigenvalue weighted by atomic mass is 32.1. The molecular weight excluding hydrogens is 264 g/mol. The molecule has 106 valence electrons. The zero-order valence-electron chi connectivity index (χ0n) is 12.2. The Morgan fingerprint density at radius 3 is 2.80 bits per heavy atom. The Hall–Kier alpha value is -1.19. The van der Waals surface area contributed by atoms with Gasteiger partial charge in [0, 0.05) is 34.2 Å². The molecule has 2 aromatic heterocycles. The fourth-order valence-corrected chi connectivity index (χ4v) is 4.18. The average Bonchev–Trinajstić information content (AvgIpc) is 2.92. The van der Waals surface area contributed by atoms with E-state index in [4.69, 9.17) is 0 Å². The molecule has 1 N–H and O–H groups in total. The molecule has 0 bridgehead atoms. The van der Waals surface area contributed by atoms with E-state index in [2.05, 4.69) is 36.3 Å². The number of aromatic nitrogens is 1. The highest BCUT2D eigenvalue weighted by molar-refractivity contribution is 7.12. The largest absolute Gasteiger partial charge is 0.303 e. The van der Waals surface area contributed by atoms with E-state index < -0.39 is 0 Å². The topological polar surface area (TPSA) is 24.9 Å². The standard InChI is InChI=1S/C17H22N2S/c1-12(15-7-5-9-18-11-15)19-13(2)17-10-14-6-3-4-8-16(14)20-17/h5,7,9-13,19H,3-4,6,8H2,1-2H3/t12-,13?/m0/s1. The Labute approximate surface area is 125 Å². The van der Waals surface area contributed by atoms with E-state index in [0.29, 0.717) is 12.1 Å². The monoisotopic (exact) mass is 286 g/mol. The van der Waals surface area contributed by atoms with Crippen LogP contribution in [0.5, 0.6) is 0 Å². The number of aryl methyl sites for hydroxylation is 2. The number of hydrogen-bond donors (Lipinski definition) is 1. The maximum atomic E-state index is 4.20. The van der Waals surface area contributed by atoms with E-state index in [1.54, 1.807) is 10.4 Å². The summed E-state index contributed by atoms with van der Waals surface area (Å²) in [6, 6.07) is 7.30. The number of pyridine rings is 1. The maximum absolute atomic E-state index is 4.20. The van der Waals surface area contributed by atoms with Gasteiger partial charge in [-0.3, -0.25) is 4.98 Å². The minimum atomic E-state index is 0.331. The first kappa shape index (κ1) is 13.8. The number of nitrogens with one attached hydrogen (secondary N) is 1. The molecule has 0 amide bonds. The third-order valence-corrected chi connectivity index (χ3v) is 5.55. The predicted octanol–water partition coefficient (Wildman–Crippen LogP) is 4.43. The van der Waals surface area contributed by atoms with Crippen molar-refractivity contribution in [1.82, 2.24) is 10.3 Å². The van der Waals surface area contributed by atoms with Crippen LogP contribution in [0.3, 0.4) is 0 Å². The van der Waals surface area contributed by atoms with Crippen molar-refractivity contribution in [1.29, 1.82) is 0 Å². The van der Waals surface area contributed by atoms with Gasteiger partial charge in [0.2, 0.25) is 0 Å². The lowest BCUT2D eigenvalue weighted by Gasteiger charge is -2.19. The van der Waals surface area contributed by atoms with Gasteiger partial charge in [0.25, 0.3) is 0 Å². The Bertz CT molecular complexity index is 538. The molecule has 2 heterocycles. The summed E-state index contributed by atoms with van der Waals surface area (Å²) in [5, 5.41) is 3.69. The molecule has 0 saturated carbocycles. The molecule has 3 heteroatoms. The molecule has 1 aliphatic carbocycles. The molecule has 2 nitrogen and oxygen atoms in total. The van der Waals surface area contributed by atoms with Crippen molar-refractivity contribution in [2.75, 3.05) is 0 Å². The molecule has 2 atom stereocenters. The Morgan fingerprint density at radius 1 is 1.20 bits per heavy atom. The summed E-state index contributed by atoms with van der Waals surface area (Å²) in [5.74, 6) is 0. The van der Waals surface area contributed by atoms with Crippen LogP contribution in [0.15, 0.2) is 30.6 Å². The van der Waals surface area contributed by atoms with Gasteiger partial charge in [0.05, 0.1) is 0 Å². The SMILES string of the molecule is CC(N[C@@H](C)c1cccnc1)c1cc2c(s1)CCCC2. The van der Waals surface area contributed by atoms with Crippen LogP contribution in [0.1, 0.15) is 59.7 Å². The summed E-state index contributed by atoms with van der Waals surface area (Å²) in [6.45, 7) is 4.48. The first-order chi connectivity index (χ1) is 9.74. The number of fused-ring (bicyclic) bond motifs is 1. The minimum Gasteiger partial charge on any atom is -0.303 e. The minimum absolute atomic E-state index is 0.331. The summed E-state index contributed by atoms with van der Waals surface area (Å²) in [5.41, 5.74) is 2.85. The van der Waals surface area contributed by atoms with Crippen molar-refractivity contribution in [2.45, 2.75) is 51.6 Å². The molecule has 0 fully saturated rings. The van der Waals surface area contributed by atoms with E-state index in [9.17, 15) is 0 Å². The normalized spacial score (nSPS) is 17.5. The lowest BCUT2D eigenvalue weighted by atomic mass is 9.99. The van der Waals surface area contributed by atoms with E-state index in [1.807, 2.05) is 29.8 Å². The van der Waals surface area contributed by atoms with Gasteiger partial charge in [0.15, 0.2) is 0 Å². The molecule has 3 rings (SSSR count). The van der Waals surface area contributed by atoms with Crippen LogP contribution in [0.2, 0.25) is 0 Å². The highest BCUT2D eigenvalue weighted by Gasteiger charge is 2.18. The molecule has 2 aromatic rings. The molecule has 0 saturated heterocycles. The smallest absolute Gasteiger partial charge is 0.0391 e. The van der Waals surface area contributed by atoms with Crippen LogP contribution in [0.25, 0.3) is 0 Å². The van der Waals surface area contributed by atoms with Crippen LogP contribution >= 0.6 is 11.3 Å². The molecule has 1 aliphatic rings. The number of hydrogen-bond acceptors (Lipinski definition) is 3. The second-order valence-electron chi connectivity index (χ2n) is 5.70. The fraction of sp³-hybridized carbons (Fsp3) is 0.471. The van der Waals surface area contributed by atoms with Crippen molar-refractivity contribution in [2.24, 2.45) is 0 Å². The Morgan fingerprint density at radius 2 is 2.05 bits per heavy atom. The third-order valence-electron chi connectivity index (χ3n) is 4.13. The second kappa shape index (κ2) is 6.06. The number of nitrogens with zero attached hydrogens (tertiary/aromatic N) is 1. The van der Waals surface area contributed by atoms with Crippen LogP contribution < -0.4 is 5.32 Å². The predicted molar refractivity (Wildman–Crippen MR) is 85.2 cm³/mol. The Balaban J connectivity index is 1.70. The van der Waals surface area contributed by atoms with Crippen molar-refractivity contribution >= 4 is 11.3 Å². The molecule has 1 unspecified atom stereocenters. The van der Waals surface area contributed by atoms with Crippen LogP contribution in [0, 0.1) is 0 Å². The summed E-state index contributed by atoms with van der Waals surface area (Å²) >= 11 is 2.00. The fourth-order valence-electron chi connectivity index (χ4n) is 2.91. The van der Waals surface area contributed by atoms with Gasteiger partial charge in [-0.25, -0.2) is 0 Å². The highest BCUT2D eigenvalue weighted by Crippen LogP contribution is 2.33.